The Balaban J connectivity index is 2.07. The summed E-state index contributed by atoms with van der Waals surface area (Å²) in [4.78, 5) is 2.27. The summed E-state index contributed by atoms with van der Waals surface area (Å²) in [5.74, 6) is 0. The Bertz CT molecular complexity index is 987. The average molecular weight is 434 g/mol. The van der Waals surface area contributed by atoms with Crippen molar-refractivity contribution in [3.63, 3.8) is 0 Å². The third kappa shape index (κ3) is 5.57. The fraction of sp³-hybridized carbons (Fsp3) is 0.357. The number of aryl methyl sites for hydroxylation is 3. The first kappa shape index (κ1) is 24.0. The molecule has 0 atom stereocenters. The molecule has 0 saturated carbocycles. The maximum atomic E-state index is 9.62. The Kier molecular flexibility index (Phi) is 8.46. The first-order valence-corrected chi connectivity index (χ1v) is 11.3. The van der Waals surface area contributed by atoms with Crippen LogP contribution in [0.2, 0.25) is 0 Å². The van der Waals surface area contributed by atoms with Crippen molar-refractivity contribution < 1.29 is 14.6 Å². The van der Waals surface area contributed by atoms with Crippen LogP contribution in [0.5, 0.6) is 0 Å². The molecule has 0 bridgehead atoms. The molecule has 0 saturated heterocycles. The number of ether oxygens (including phenoxy) is 2. The van der Waals surface area contributed by atoms with Gasteiger partial charge in [0.05, 0.1) is 19.8 Å². The molecule has 32 heavy (non-hydrogen) atoms. The van der Waals surface area contributed by atoms with Crippen LogP contribution in [0.15, 0.2) is 54.6 Å². The van der Waals surface area contributed by atoms with Gasteiger partial charge in [0.1, 0.15) is 0 Å². The Labute approximate surface area is 192 Å². The Morgan fingerprint density at radius 2 is 1.00 bits per heavy atom. The predicted octanol–water partition coefficient (Wildman–Crippen LogP) is 6.65. The summed E-state index contributed by atoms with van der Waals surface area (Å²) in [5, 5.41) is 9.62. The van der Waals surface area contributed by atoms with E-state index in [4.69, 9.17) is 9.47 Å². The molecule has 0 heterocycles. The van der Waals surface area contributed by atoms with Crippen LogP contribution in [-0.4, -0.2) is 18.3 Å². The van der Waals surface area contributed by atoms with Crippen LogP contribution in [0.25, 0.3) is 0 Å². The third-order valence-electron chi connectivity index (χ3n) is 5.85. The molecule has 0 spiro atoms. The molecule has 1 N–H and O–H groups in total. The highest BCUT2D eigenvalue weighted by molar-refractivity contribution is 5.78. The maximum absolute atomic E-state index is 9.62. The van der Waals surface area contributed by atoms with Crippen LogP contribution >= 0.6 is 0 Å². The zero-order chi connectivity index (χ0) is 23.1. The number of aliphatic hydroxyl groups excluding tert-OH is 1. The molecular formula is C28H35NO3. The van der Waals surface area contributed by atoms with E-state index in [1.807, 2.05) is 26.8 Å². The largest absolute Gasteiger partial charge is 0.392 e. The van der Waals surface area contributed by atoms with Crippen molar-refractivity contribution in [3.05, 3.63) is 88.0 Å². The lowest BCUT2D eigenvalue weighted by atomic mass is 10.0. The quantitative estimate of drug-likeness (QED) is 0.389. The molecule has 0 aliphatic carbocycles. The van der Waals surface area contributed by atoms with E-state index in [0.717, 1.165) is 28.2 Å². The molecule has 0 aliphatic rings. The molecule has 0 aromatic heterocycles. The molecule has 0 unspecified atom stereocenters. The van der Waals surface area contributed by atoms with Gasteiger partial charge in [-0.25, -0.2) is 0 Å². The Morgan fingerprint density at radius 3 is 1.31 bits per heavy atom. The fourth-order valence-electron chi connectivity index (χ4n) is 3.83. The highest BCUT2D eigenvalue weighted by Gasteiger charge is 2.16. The molecule has 0 fully saturated rings. The second-order valence-corrected chi connectivity index (χ2v) is 8.10. The number of rotatable bonds is 10. The van der Waals surface area contributed by atoms with Crippen LogP contribution in [0.1, 0.15) is 47.2 Å². The first-order chi connectivity index (χ1) is 15.5. The van der Waals surface area contributed by atoms with Gasteiger partial charge in [0.25, 0.3) is 0 Å². The summed E-state index contributed by atoms with van der Waals surface area (Å²) in [6.45, 7) is 13.0. The van der Waals surface area contributed by atoms with Crippen molar-refractivity contribution in [3.8, 4) is 0 Å². The van der Waals surface area contributed by atoms with Gasteiger partial charge in [-0.2, -0.15) is 0 Å². The van der Waals surface area contributed by atoms with Crippen molar-refractivity contribution in [2.75, 3.05) is 18.1 Å². The molecule has 0 radical (unpaired) electrons. The summed E-state index contributed by atoms with van der Waals surface area (Å²) < 4.78 is 11.2. The Hall–Kier alpha value is -2.66. The summed E-state index contributed by atoms with van der Waals surface area (Å²) in [7, 11) is 0. The zero-order valence-electron chi connectivity index (χ0n) is 19.9. The average Bonchev–Trinajstić information content (AvgIpc) is 2.78. The summed E-state index contributed by atoms with van der Waals surface area (Å²) in [5.41, 5.74) is 10.1. The standard InChI is InChI=1S/C28H35NO3/c1-6-31-18-24-9-12-27(15-21(24)4)29(26-11-8-23(17-30)20(3)14-26)28-13-10-25(19-32-7-2)22(5)16-28/h8-16,30H,6-7,17-19H2,1-5H3. The summed E-state index contributed by atoms with van der Waals surface area (Å²) >= 11 is 0. The normalized spacial score (nSPS) is 11.1. The van der Waals surface area contributed by atoms with E-state index in [1.165, 1.54) is 22.3 Å². The zero-order valence-corrected chi connectivity index (χ0v) is 19.9. The summed E-state index contributed by atoms with van der Waals surface area (Å²) in [6.07, 6.45) is 0. The molecule has 3 rings (SSSR count). The van der Waals surface area contributed by atoms with Gasteiger partial charge < -0.3 is 19.5 Å². The smallest absolute Gasteiger partial charge is 0.0719 e. The fourth-order valence-corrected chi connectivity index (χ4v) is 3.83. The third-order valence-corrected chi connectivity index (χ3v) is 5.85. The minimum Gasteiger partial charge on any atom is -0.392 e. The van der Waals surface area contributed by atoms with Gasteiger partial charge in [-0.3, -0.25) is 0 Å². The van der Waals surface area contributed by atoms with Crippen molar-refractivity contribution in [1.29, 1.82) is 0 Å². The molecule has 170 valence electrons. The Morgan fingerprint density at radius 1 is 0.625 bits per heavy atom. The number of anilines is 3. The van der Waals surface area contributed by atoms with Crippen LogP contribution in [0.4, 0.5) is 17.1 Å². The molecule has 4 heteroatoms. The van der Waals surface area contributed by atoms with Crippen LogP contribution in [0.3, 0.4) is 0 Å². The van der Waals surface area contributed by atoms with Crippen molar-refractivity contribution in [2.45, 2.75) is 54.4 Å². The minimum atomic E-state index is 0.0442. The molecule has 4 nitrogen and oxygen atoms in total. The molecule has 0 amide bonds. The van der Waals surface area contributed by atoms with Gasteiger partial charge in [-0.1, -0.05) is 18.2 Å². The highest BCUT2D eigenvalue weighted by Crippen LogP contribution is 2.37. The monoisotopic (exact) mass is 433 g/mol. The summed E-state index contributed by atoms with van der Waals surface area (Å²) in [6, 6.07) is 19.3. The number of nitrogens with zero attached hydrogens (tertiary/aromatic N) is 1. The number of benzene rings is 3. The van der Waals surface area contributed by atoms with E-state index in [0.29, 0.717) is 26.4 Å². The van der Waals surface area contributed by atoms with E-state index < -0.39 is 0 Å². The maximum Gasteiger partial charge on any atom is 0.0719 e. The van der Waals surface area contributed by atoms with Gasteiger partial charge in [0.2, 0.25) is 0 Å². The molecule has 0 aliphatic heterocycles. The van der Waals surface area contributed by atoms with Crippen molar-refractivity contribution in [2.24, 2.45) is 0 Å². The lowest BCUT2D eigenvalue weighted by molar-refractivity contribution is 0.133. The van der Waals surface area contributed by atoms with Gasteiger partial charge in [-0.15, -0.1) is 0 Å². The number of aliphatic hydroxyl groups is 1. The lowest BCUT2D eigenvalue weighted by Gasteiger charge is -2.28. The van der Waals surface area contributed by atoms with Gasteiger partial charge in [0, 0.05) is 30.3 Å². The molecule has 3 aromatic rings. The van der Waals surface area contributed by atoms with Crippen molar-refractivity contribution in [1.82, 2.24) is 0 Å². The number of hydrogen-bond donors (Lipinski definition) is 1. The first-order valence-electron chi connectivity index (χ1n) is 11.3. The van der Waals surface area contributed by atoms with Gasteiger partial charge in [0.15, 0.2) is 0 Å². The highest BCUT2D eigenvalue weighted by atomic mass is 16.5. The predicted molar refractivity (Wildman–Crippen MR) is 132 cm³/mol. The molecule has 3 aromatic carbocycles. The minimum absolute atomic E-state index is 0.0442. The number of hydrogen-bond acceptors (Lipinski definition) is 4. The van der Waals surface area contributed by atoms with E-state index >= 15 is 0 Å². The van der Waals surface area contributed by atoms with Gasteiger partial charge in [-0.05, 0) is 104 Å². The van der Waals surface area contributed by atoms with Crippen LogP contribution in [-0.2, 0) is 29.3 Å². The van der Waals surface area contributed by atoms with Crippen molar-refractivity contribution >= 4 is 17.1 Å². The van der Waals surface area contributed by atoms with E-state index in [1.54, 1.807) is 0 Å². The second kappa shape index (κ2) is 11.3. The SMILES string of the molecule is CCOCc1ccc(N(c2ccc(CO)c(C)c2)c2ccc(COCC)c(C)c2)cc1C. The van der Waals surface area contributed by atoms with Crippen LogP contribution in [0, 0.1) is 20.8 Å². The topological polar surface area (TPSA) is 41.9 Å². The lowest BCUT2D eigenvalue weighted by Crippen LogP contribution is -2.12. The van der Waals surface area contributed by atoms with E-state index in [-0.39, 0.29) is 6.61 Å². The van der Waals surface area contributed by atoms with Gasteiger partial charge >= 0.3 is 0 Å². The second-order valence-electron chi connectivity index (χ2n) is 8.10. The molecular weight excluding hydrogens is 398 g/mol. The van der Waals surface area contributed by atoms with E-state index in [2.05, 4.69) is 67.3 Å². The van der Waals surface area contributed by atoms with E-state index in [9.17, 15) is 5.11 Å². The van der Waals surface area contributed by atoms with Crippen LogP contribution < -0.4 is 4.90 Å².